The SMILES string of the molecule is CN1CCN(S(=O)(=O)c2cccc(C(=O)N(C)CCOc3ccc(F)cc3)c2)CC1. The molecule has 0 unspecified atom stereocenters. The molecule has 9 heteroatoms. The maximum absolute atomic E-state index is 12.9. The zero-order chi connectivity index (χ0) is 21.7. The zero-order valence-corrected chi connectivity index (χ0v) is 17.9. The fraction of sp³-hybridized carbons (Fsp3) is 0.381. The van der Waals surface area contributed by atoms with Gasteiger partial charge < -0.3 is 14.5 Å². The number of hydrogen-bond acceptors (Lipinski definition) is 5. The van der Waals surface area contributed by atoms with Crippen molar-refractivity contribution in [1.82, 2.24) is 14.1 Å². The minimum Gasteiger partial charge on any atom is -0.492 e. The van der Waals surface area contributed by atoms with Gasteiger partial charge in [-0.1, -0.05) is 6.07 Å². The molecule has 1 aliphatic heterocycles. The van der Waals surface area contributed by atoms with E-state index in [1.54, 1.807) is 19.2 Å². The number of amides is 1. The van der Waals surface area contributed by atoms with Crippen molar-refractivity contribution in [2.24, 2.45) is 0 Å². The van der Waals surface area contributed by atoms with Crippen LogP contribution in [0.2, 0.25) is 0 Å². The summed E-state index contributed by atoms with van der Waals surface area (Å²) in [6.07, 6.45) is 0. The van der Waals surface area contributed by atoms with Crippen molar-refractivity contribution in [1.29, 1.82) is 0 Å². The van der Waals surface area contributed by atoms with Gasteiger partial charge in [-0.25, -0.2) is 12.8 Å². The van der Waals surface area contributed by atoms with E-state index in [-0.39, 0.29) is 23.2 Å². The lowest BCUT2D eigenvalue weighted by Crippen LogP contribution is -2.47. The third-order valence-electron chi connectivity index (χ3n) is 5.04. The van der Waals surface area contributed by atoms with Crippen LogP contribution in [0.15, 0.2) is 53.4 Å². The molecule has 2 aromatic rings. The second-order valence-corrected chi connectivity index (χ2v) is 9.20. The van der Waals surface area contributed by atoms with E-state index >= 15 is 0 Å². The summed E-state index contributed by atoms with van der Waals surface area (Å²) < 4.78 is 45.8. The summed E-state index contributed by atoms with van der Waals surface area (Å²) in [5.41, 5.74) is 0.300. The number of likely N-dealkylation sites (N-methyl/N-ethyl adjacent to an activating group) is 2. The molecular weight excluding hydrogens is 409 g/mol. The van der Waals surface area contributed by atoms with Crippen molar-refractivity contribution >= 4 is 15.9 Å². The van der Waals surface area contributed by atoms with E-state index in [1.807, 2.05) is 7.05 Å². The van der Waals surface area contributed by atoms with Crippen molar-refractivity contribution in [3.8, 4) is 5.75 Å². The molecule has 0 spiro atoms. The molecule has 1 heterocycles. The highest BCUT2D eigenvalue weighted by Crippen LogP contribution is 2.19. The zero-order valence-electron chi connectivity index (χ0n) is 17.1. The van der Waals surface area contributed by atoms with Crippen LogP contribution < -0.4 is 4.74 Å². The molecule has 0 N–H and O–H groups in total. The van der Waals surface area contributed by atoms with Crippen LogP contribution in [0.4, 0.5) is 4.39 Å². The Morgan fingerprint density at radius 3 is 2.43 bits per heavy atom. The summed E-state index contributed by atoms with van der Waals surface area (Å²) in [5.74, 6) is -0.133. The Bertz CT molecular complexity index is 974. The van der Waals surface area contributed by atoms with Crippen molar-refractivity contribution in [2.75, 3.05) is 53.4 Å². The van der Waals surface area contributed by atoms with E-state index in [4.69, 9.17) is 4.74 Å². The first-order valence-corrected chi connectivity index (χ1v) is 11.1. The van der Waals surface area contributed by atoms with Gasteiger partial charge in [-0.15, -0.1) is 0 Å². The molecule has 0 radical (unpaired) electrons. The summed E-state index contributed by atoms with van der Waals surface area (Å²) in [7, 11) is -0.0629. The van der Waals surface area contributed by atoms with E-state index in [2.05, 4.69) is 4.90 Å². The van der Waals surface area contributed by atoms with Crippen LogP contribution in [0, 0.1) is 5.82 Å². The van der Waals surface area contributed by atoms with E-state index < -0.39 is 10.0 Å². The summed E-state index contributed by atoms with van der Waals surface area (Å²) in [6.45, 7) is 2.73. The lowest BCUT2D eigenvalue weighted by molar-refractivity contribution is 0.0773. The Labute approximate surface area is 176 Å². The third-order valence-corrected chi connectivity index (χ3v) is 6.93. The molecule has 0 saturated carbocycles. The van der Waals surface area contributed by atoms with Gasteiger partial charge in [0, 0.05) is 38.8 Å². The highest BCUT2D eigenvalue weighted by molar-refractivity contribution is 7.89. The molecule has 0 aliphatic carbocycles. The van der Waals surface area contributed by atoms with Crippen LogP contribution in [-0.4, -0.2) is 81.9 Å². The van der Waals surface area contributed by atoms with Gasteiger partial charge in [-0.2, -0.15) is 4.31 Å². The van der Waals surface area contributed by atoms with Gasteiger partial charge >= 0.3 is 0 Å². The Hall–Kier alpha value is -2.49. The Balaban J connectivity index is 1.62. The summed E-state index contributed by atoms with van der Waals surface area (Å²) >= 11 is 0. The molecule has 0 aromatic heterocycles. The number of halogens is 1. The van der Waals surface area contributed by atoms with Gasteiger partial charge in [0.1, 0.15) is 18.2 Å². The Morgan fingerprint density at radius 2 is 1.77 bits per heavy atom. The Morgan fingerprint density at radius 1 is 1.10 bits per heavy atom. The fourth-order valence-electron chi connectivity index (χ4n) is 3.12. The van der Waals surface area contributed by atoms with E-state index in [0.717, 1.165) is 0 Å². The molecule has 0 bridgehead atoms. The predicted octanol–water partition coefficient (Wildman–Crippen LogP) is 1.91. The van der Waals surface area contributed by atoms with Crippen LogP contribution in [0.5, 0.6) is 5.75 Å². The monoisotopic (exact) mass is 435 g/mol. The molecule has 3 rings (SSSR count). The molecular formula is C21H26FN3O4S. The normalized spacial score (nSPS) is 15.7. The van der Waals surface area contributed by atoms with Crippen LogP contribution >= 0.6 is 0 Å². The summed E-state index contributed by atoms with van der Waals surface area (Å²) in [6, 6.07) is 11.8. The first-order valence-electron chi connectivity index (χ1n) is 9.70. The van der Waals surface area contributed by atoms with Crippen LogP contribution in [0.25, 0.3) is 0 Å². The minimum absolute atomic E-state index is 0.119. The second-order valence-electron chi connectivity index (χ2n) is 7.26. The highest BCUT2D eigenvalue weighted by Gasteiger charge is 2.28. The van der Waals surface area contributed by atoms with Gasteiger partial charge in [0.2, 0.25) is 10.0 Å². The molecule has 1 aliphatic rings. The lowest BCUT2D eigenvalue weighted by atomic mass is 10.2. The largest absolute Gasteiger partial charge is 0.492 e. The lowest BCUT2D eigenvalue weighted by Gasteiger charge is -2.31. The number of sulfonamides is 1. The molecule has 1 amide bonds. The van der Waals surface area contributed by atoms with Crippen molar-refractivity contribution in [3.63, 3.8) is 0 Å². The fourth-order valence-corrected chi connectivity index (χ4v) is 4.59. The molecule has 1 saturated heterocycles. The average Bonchev–Trinajstić information content (AvgIpc) is 2.75. The smallest absolute Gasteiger partial charge is 0.253 e. The number of benzene rings is 2. The number of carbonyl (C=O) groups excluding carboxylic acids is 1. The average molecular weight is 436 g/mol. The van der Waals surface area contributed by atoms with E-state index in [1.165, 1.54) is 45.6 Å². The van der Waals surface area contributed by atoms with Crippen molar-refractivity contribution in [3.05, 3.63) is 59.9 Å². The number of carbonyl (C=O) groups is 1. The minimum atomic E-state index is -3.64. The number of nitrogens with zero attached hydrogens (tertiary/aromatic N) is 3. The second kappa shape index (κ2) is 9.55. The number of rotatable bonds is 7. The van der Waals surface area contributed by atoms with Gasteiger partial charge in [0.05, 0.1) is 11.4 Å². The van der Waals surface area contributed by atoms with Crippen molar-refractivity contribution in [2.45, 2.75) is 4.90 Å². The summed E-state index contributed by atoms with van der Waals surface area (Å²) in [4.78, 5) is 16.4. The molecule has 7 nitrogen and oxygen atoms in total. The van der Waals surface area contributed by atoms with Crippen LogP contribution in [-0.2, 0) is 10.0 Å². The first kappa shape index (κ1) is 22.2. The number of piperazine rings is 1. The topological polar surface area (TPSA) is 70.2 Å². The van der Waals surface area contributed by atoms with Gasteiger partial charge in [-0.05, 0) is 49.5 Å². The maximum atomic E-state index is 12.9. The van der Waals surface area contributed by atoms with Crippen molar-refractivity contribution < 1.29 is 22.3 Å². The summed E-state index contributed by atoms with van der Waals surface area (Å²) in [5, 5.41) is 0. The Kier molecular flexibility index (Phi) is 7.06. The molecule has 162 valence electrons. The first-order chi connectivity index (χ1) is 14.3. The number of ether oxygens (including phenoxy) is 1. The standard InChI is InChI=1S/C21H26FN3O4S/c1-23-10-12-25(13-11-23)30(27,28)20-5-3-4-17(16-20)21(26)24(2)14-15-29-19-8-6-18(22)7-9-19/h3-9,16H,10-15H2,1-2H3. The molecule has 1 fully saturated rings. The van der Waals surface area contributed by atoms with Gasteiger partial charge in [0.15, 0.2) is 0 Å². The molecule has 30 heavy (non-hydrogen) atoms. The van der Waals surface area contributed by atoms with Gasteiger partial charge in [-0.3, -0.25) is 4.79 Å². The van der Waals surface area contributed by atoms with E-state index in [0.29, 0.717) is 44.0 Å². The maximum Gasteiger partial charge on any atom is 0.253 e. The van der Waals surface area contributed by atoms with Crippen LogP contribution in [0.3, 0.4) is 0 Å². The quantitative estimate of drug-likeness (QED) is 0.665. The number of hydrogen-bond donors (Lipinski definition) is 0. The molecule has 0 atom stereocenters. The highest BCUT2D eigenvalue weighted by atomic mass is 32.2. The van der Waals surface area contributed by atoms with Crippen LogP contribution in [0.1, 0.15) is 10.4 Å². The molecule has 2 aromatic carbocycles. The third kappa shape index (κ3) is 5.35. The van der Waals surface area contributed by atoms with E-state index in [9.17, 15) is 17.6 Å². The van der Waals surface area contributed by atoms with Gasteiger partial charge in [0.25, 0.3) is 5.91 Å². The predicted molar refractivity (Wildman–Crippen MR) is 112 cm³/mol.